The standard InChI is InChI=1S/C19H40OSi.K.H/c1-5-6-7-8-9-10-11-12-13-14-16-19(2)17-15-18-21(3,4)20-19;;/h5-18H2,1-4H3;;. The van der Waals surface area contributed by atoms with Crippen LogP contribution in [0.2, 0.25) is 19.1 Å². The van der Waals surface area contributed by atoms with Crippen LogP contribution in [0.4, 0.5) is 0 Å². The molecule has 1 unspecified atom stereocenters. The summed E-state index contributed by atoms with van der Waals surface area (Å²) in [6.07, 6.45) is 18.3. The molecule has 1 fully saturated rings. The van der Waals surface area contributed by atoms with Crippen LogP contribution in [-0.2, 0) is 4.43 Å². The average molecular weight is 353 g/mol. The molecule has 0 amide bonds. The Kier molecular flexibility index (Phi) is 14.2. The number of hydrogen-bond donors (Lipinski definition) is 0. The molecule has 1 aliphatic rings. The van der Waals surface area contributed by atoms with Crippen LogP contribution in [0.5, 0.6) is 0 Å². The maximum atomic E-state index is 6.48. The summed E-state index contributed by atoms with van der Waals surface area (Å²) < 4.78 is 6.48. The monoisotopic (exact) mass is 352 g/mol. The molecular formula is C19H41KOSi. The molecule has 0 spiro atoms. The molecule has 0 aromatic rings. The molecule has 0 aromatic heterocycles. The first kappa shape index (κ1) is 23.8. The predicted molar refractivity (Wildman–Crippen MR) is 105 cm³/mol. The molecule has 1 saturated heterocycles. The summed E-state index contributed by atoms with van der Waals surface area (Å²) >= 11 is 0. The molecule has 0 N–H and O–H groups in total. The summed E-state index contributed by atoms with van der Waals surface area (Å²) in [6.45, 7) is 9.45. The van der Waals surface area contributed by atoms with Gasteiger partial charge in [-0.15, -0.1) is 0 Å². The second-order valence-corrected chi connectivity index (χ2v) is 12.3. The fraction of sp³-hybridized carbons (Fsp3) is 1.00. The zero-order valence-electron chi connectivity index (χ0n) is 15.3. The van der Waals surface area contributed by atoms with Gasteiger partial charge in [-0.3, -0.25) is 0 Å². The van der Waals surface area contributed by atoms with Gasteiger partial charge in [0.1, 0.15) is 0 Å². The molecule has 1 heterocycles. The van der Waals surface area contributed by atoms with Gasteiger partial charge in [-0.05, 0) is 38.9 Å². The minimum atomic E-state index is -1.32. The van der Waals surface area contributed by atoms with Crippen LogP contribution in [0, 0.1) is 0 Å². The molecular weight excluding hydrogens is 311 g/mol. The fourth-order valence-corrected chi connectivity index (χ4v) is 6.49. The summed E-state index contributed by atoms with van der Waals surface area (Å²) in [7, 11) is -1.32. The van der Waals surface area contributed by atoms with Crippen LogP contribution >= 0.6 is 0 Å². The van der Waals surface area contributed by atoms with Crippen LogP contribution < -0.4 is 0 Å². The van der Waals surface area contributed by atoms with E-state index < -0.39 is 8.32 Å². The summed E-state index contributed by atoms with van der Waals surface area (Å²) in [6, 6.07) is 1.36. The zero-order valence-corrected chi connectivity index (χ0v) is 16.3. The molecule has 0 bridgehead atoms. The molecule has 1 atom stereocenters. The third-order valence-electron chi connectivity index (χ3n) is 5.07. The van der Waals surface area contributed by atoms with Crippen molar-refractivity contribution in [1.29, 1.82) is 0 Å². The molecule has 0 aromatic carbocycles. The van der Waals surface area contributed by atoms with E-state index in [9.17, 15) is 0 Å². The van der Waals surface area contributed by atoms with Gasteiger partial charge in [-0.2, -0.15) is 0 Å². The summed E-state index contributed by atoms with van der Waals surface area (Å²) in [4.78, 5) is 0. The first-order chi connectivity index (χ1) is 9.97. The van der Waals surface area contributed by atoms with Crippen molar-refractivity contribution in [2.75, 3.05) is 0 Å². The maximum absolute atomic E-state index is 6.48. The third-order valence-corrected chi connectivity index (χ3v) is 7.67. The van der Waals surface area contributed by atoms with Gasteiger partial charge in [0.2, 0.25) is 0 Å². The first-order valence-electron chi connectivity index (χ1n) is 9.68. The van der Waals surface area contributed by atoms with Crippen molar-refractivity contribution in [2.45, 2.75) is 122 Å². The molecule has 1 aliphatic heterocycles. The van der Waals surface area contributed by atoms with Crippen molar-refractivity contribution in [1.82, 2.24) is 0 Å². The number of hydrogen-bond acceptors (Lipinski definition) is 1. The number of rotatable bonds is 11. The molecule has 128 valence electrons. The van der Waals surface area contributed by atoms with Crippen molar-refractivity contribution in [3.63, 3.8) is 0 Å². The molecule has 0 aliphatic carbocycles. The van der Waals surface area contributed by atoms with Gasteiger partial charge in [0.25, 0.3) is 0 Å². The number of unbranched alkanes of at least 4 members (excludes halogenated alkanes) is 9. The van der Waals surface area contributed by atoms with Gasteiger partial charge in [0, 0.05) is 0 Å². The van der Waals surface area contributed by atoms with E-state index in [2.05, 4.69) is 26.9 Å². The Morgan fingerprint density at radius 2 is 1.36 bits per heavy atom. The second kappa shape index (κ2) is 13.1. The van der Waals surface area contributed by atoms with Crippen LogP contribution in [0.1, 0.15) is 97.3 Å². The van der Waals surface area contributed by atoms with Gasteiger partial charge in [-0.1, -0.05) is 77.6 Å². The zero-order chi connectivity index (χ0) is 15.6. The fourth-order valence-electron chi connectivity index (χ4n) is 3.82. The first-order valence-corrected chi connectivity index (χ1v) is 12.8. The van der Waals surface area contributed by atoms with Crippen molar-refractivity contribution in [3.8, 4) is 0 Å². The minimum absolute atomic E-state index is 0. The Morgan fingerprint density at radius 1 is 0.864 bits per heavy atom. The second-order valence-electron chi connectivity index (χ2n) is 8.10. The SMILES string of the molecule is CCCCCCCCCCCCC1(C)CCC[Si](C)(C)O1.[KH]. The van der Waals surface area contributed by atoms with Crippen molar-refractivity contribution in [2.24, 2.45) is 0 Å². The van der Waals surface area contributed by atoms with Crippen LogP contribution in [0.15, 0.2) is 0 Å². The van der Waals surface area contributed by atoms with E-state index in [1.807, 2.05) is 0 Å². The van der Waals surface area contributed by atoms with Gasteiger partial charge < -0.3 is 4.43 Å². The predicted octanol–water partition coefficient (Wildman–Crippen LogP) is 6.42. The van der Waals surface area contributed by atoms with Crippen molar-refractivity contribution >= 4 is 59.7 Å². The van der Waals surface area contributed by atoms with Gasteiger partial charge in [0.15, 0.2) is 8.32 Å². The summed E-state index contributed by atoms with van der Waals surface area (Å²) in [5.41, 5.74) is 0.216. The normalized spacial score (nSPS) is 24.0. The Hall–Kier alpha value is 1.81. The molecule has 0 saturated carbocycles. The van der Waals surface area contributed by atoms with Crippen LogP contribution in [0.25, 0.3) is 0 Å². The molecule has 1 nitrogen and oxygen atoms in total. The van der Waals surface area contributed by atoms with E-state index in [1.165, 1.54) is 89.5 Å². The quantitative estimate of drug-likeness (QED) is 0.308. The van der Waals surface area contributed by atoms with Gasteiger partial charge in [-0.25, -0.2) is 0 Å². The summed E-state index contributed by atoms with van der Waals surface area (Å²) in [5, 5.41) is 0. The Morgan fingerprint density at radius 3 is 1.86 bits per heavy atom. The average Bonchev–Trinajstić information content (AvgIpc) is 2.39. The van der Waals surface area contributed by atoms with Crippen LogP contribution in [-0.4, -0.2) is 65.3 Å². The van der Waals surface area contributed by atoms with Gasteiger partial charge in [0.05, 0.1) is 5.60 Å². The van der Waals surface area contributed by atoms with E-state index in [4.69, 9.17) is 4.43 Å². The van der Waals surface area contributed by atoms with Crippen molar-refractivity contribution < 1.29 is 4.43 Å². The molecule has 3 heteroatoms. The molecule has 1 rings (SSSR count). The van der Waals surface area contributed by atoms with Gasteiger partial charge >= 0.3 is 51.4 Å². The van der Waals surface area contributed by atoms with Crippen LogP contribution in [0.3, 0.4) is 0 Å². The van der Waals surface area contributed by atoms with E-state index >= 15 is 0 Å². The van der Waals surface area contributed by atoms with E-state index in [0.29, 0.717) is 0 Å². The van der Waals surface area contributed by atoms with E-state index in [1.54, 1.807) is 0 Å². The van der Waals surface area contributed by atoms with Crippen molar-refractivity contribution in [3.05, 3.63) is 0 Å². The Bertz CT molecular complexity index is 270. The third kappa shape index (κ3) is 11.4. The molecule has 0 radical (unpaired) electrons. The molecule has 22 heavy (non-hydrogen) atoms. The summed E-state index contributed by atoms with van der Waals surface area (Å²) in [5.74, 6) is 0. The Balaban J connectivity index is 0.00000441. The van der Waals surface area contributed by atoms with E-state index in [0.717, 1.165) is 0 Å². The van der Waals surface area contributed by atoms with E-state index in [-0.39, 0.29) is 57.0 Å². The topological polar surface area (TPSA) is 9.23 Å². The Labute approximate surface area is 184 Å².